The Bertz CT molecular complexity index is 1040. The zero-order chi connectivity index (χ0) is 19.5. The first-order chi connectivity index (χ1) is 13.6. The molecule has 0 bridgehead atoms. The number of pyridine rings is 1. The van der Waals surface area contributed by atoms with Gasteiger partial charge in [-0.2, -0.15) is 0 Å². The van der Waals surface area contributed by atoms with Crippen LogP contribution in [0.3, 0.4) is 0 Å². The minimum atomic E-state index is -0.207. The van der Waals surface area contributed by atoms with Crippen LogP contribution in [0.25, 0.3) is 0 Å². The molecule has 28 heavy (non-hydrogen) atoms. The van der Waals surface area contributed by atoms with E-state index >= 15 is 0 Å². The summed E-state index contributed by atoms with van der Waals surface area (Å²) in [5, 5.41) is 6.84. The van der Waals surface area contributed by atoms with E-state index in [1.807, 2.05) is 43.3 Å². The van der Waals surface area contributed by atoms with Gasteiger partial charge in [0.1, 0.15) is 0 Å². The Morgan fingerprint density at radius 3 is 2.82 bits per heavy atom. The summed E-state index contributed by atoms with van der Waals surface area (Å²) in [5.41, 5.74) is 4.03. The van der Waals surface area contributed by atoms with Gasteiger partial charge in [0.25, 0.3) is 5.91 Å². The summed E-state index contributed by atoms with van der Waals surface area (Å²) in [6.45, 7) is 2.57. The van der Waals surface area contributed by atoms with Gasteiger partial charge in [0.2, 0.25) is 6.79 Å². The lowest BCUT2D eigenvalue weighted by Gasteiger charge is -2.11. The van der Waals surface area contributed by atoms with Crippen molar-refractivity contribution in [1.82, 2.24) is 10.3 Å². The molecule has 3 aromatic rings. The van der Waals surface area contributed by atoms with E-state index in [9.17, 15) is 4.79 Å². The summed E-state index contributed by atoms with van der Waals surface area (Å²) in [7, 11) is 0. The number of carbonyl (C=O) groups is 1. The molecule has 0 radical (unpaired) electrons. The minimum Gasteiger partial charge on any atom is -0.454 e. The maximum atomic E-state index is 12.5. The third-order valence-electron chi connectivity index (χ3n) is 4.36. The zero-order valence-electron chi connectivity index (χ0n) is 15.2. The van der Waals surface area contributed by atoms with E-state index in [0.29, 0.717) is 22.9 Å². The lowest BCUT2D eigenvalue weighted by atomic mass is 10.1. The zero-order valence-corrected chi connectivity index (χ0v) is 15.9. The number of hydrogen-bond acceptors (Lipinski definition) is 5. The smallest absolute Gasteiger partial charge is 0.253 e. The third kappa shape index (κ3) is 4.02. The molecule has 2 aromatic carbocycles. The van der Waals surface area contributed by atoms with Gasteiger partial charge < -0.3 is 20.1 Å². The number of aryl methyl sites for hydroxylation is 1. The first-order valence-corrected chi connectivity index (χ1v) is 9.11. The van der Waals surface area contributed by atoms with Gasteiger partial charge in [0.05, 0.1) is 17.4 Å². The number of benzene rings is 2. The quantitative estimate of drug-likeness (QED) is 0.668. The molecule has 0 unspecified atom stereocenters. The highest BCUT2D eigenvalue weighted by molar-refractivity contribution is 6.30. The Balaban J connectivity index is 1.42. The van der Waals surface area contributed by atoms with E-state index in [1.165, 1.54) is 6.20 Å². The molecule has 1 amide bonds. The number of ether oxygens (including phenoxy) is 2. The van der Waals surface area contributed by atoms with Gasteiger partial charge >= 0.3 is 0 Å². The Kier molecular flexibility index (Phi) is 5.04. The summed E-state index contributed by atoms with van der Waals surface area (Å²) in [5.74, 6) is 1.20. The van der Waals surface area contributed by atoms with E-state index < -0.39 is 0 Å². The molecule has 4 rings (SSSR count). The predicted molar refractivity (Wildman–Crippen MR) is 107 cm³/mol. The molecule has 0 aliphatic carbocycles. The number of aromatic nitrogens is 1. The molecule has 1 aromatic heterocycles. The van der Waals surface area contributed by atoms with Crippen molar-refractivity contribution in [3.63, 3.8) is 0 Å². The fourth-order valence-corrected chi connectivity index (χ4v) is 3.12. The average molecular weight is 396 g/mol. The fourth-order valence-electron chi connectivity index (χ4n) is 2.89. The average Bonchev–Trinajstić information content (AvgIpc) is 3.16. The number of hydrogen-bond donors (Lipinski definition) is 2. The number of fused-ring (bicyclic) bond motifs is 1. The normalized spacial score (nSPS) is 11.9. The van der Waals surface area contributed by atoms with E-state index in [-0.39, 0.29) is 12.7 Å². The van der Waals surface area contributed by atoms with Crippen molar-refractivity contribution in [1.29, 1.82) is 0 Å². The summed E-state index contributed by atoms with van der Waals surface area (Å²) < 4.78 is 10.7. The van der Waals surface area contributed by atoms with Crippen molar-refractivity contribution in [3.8, 4) is 11.5 Å². The molecule has 0 spiro atoms. The molecule has 1 aliphatic rings. The molecule has 0 atom stereocenters. The van der Waals surface area contributed by atoms with Gasteiger partial charge in [-0.05, 0) is 54.4 Å². The fraction of sp³-hybridized carbons (Fsp3) is 0.143. The summed E-state index contributed by atoms with van der Waals surface area (Å²) in [6.07, 6.45) is 3.21. The van der Waals surface area contributed by atoms with Crippen molar-refractivity contribution >= 4 is 28.9 Å². The van der Waals surface area contributed by atoms with Crippen LogP contribution in [0.5, 0.6) is 11.5 Å². The highest BCUT2D eigenvalue weighted by Gasteiger charge is 2.14. The summed E-state index contributed by atoms with van der Waals surface area (Å²) >= 11 is 6.00. The molecule has 2 N–H and O–H groups in total. The van der Waals surface area contributed by atoms with Gasteiger partial charge in [0, 0.05) is 23.5 Å². The van der Waals surface area contributed by atoms with Gasteiger partial charge in [-0.3, -0.25) is 9.78 Å². The largest absolute Gasteiger partial charge is 0.454 e. The molecule has 2 heterocycles. The topological polar surface area (TPSA) is 72.5 Å². The highest BCUT2D eigenvalue weighted by atomic mass is 35.5. The van der Waals surface area contributed by atoms with Crippen LogP contribution >= 0.6 is 11.6 Å². The second-order valence-corrected chi connectivity index (χ2v) is 6.85. The third-order valence-corrected chi connectivity index (χ3v) is 4.59. The molecule has 0 saturated heterocycles. The van der Waals surface area contributed by atoms with Crippen LogP contribution in [0, 0.1) is 6.92 Å². The van der Waals surface area contributed by atoms with E-state index in [0.717, 1.165) is 28.3 Å². The number of halogens is 1. The number of nitrogens with one attached hydrogen (secondary N) is 2. The van der Waals surface area contributed by atoms with E-state index in [1.54, 1.807) is 12.3 Å². The summed E-state index contributed by atoms with van der Waals surface area (Å²) in [4.78, 5) is 16.7. The van der Waals surface area contributed by atoms with Crippen molar-refractivity contribution in [2.75, 3.05) is 12.1 Å². The van der Waals surface area contributed by atoms with Crippen LogP contribution in [-0.2, 0) is 6.54 Å². The molecule has 142 valence electrons. The highest BCUT2D eigenvalue weighted by Crippen LogP contribution is 2.32. The van der Waals surface area contributed by atoms with E-state index in [4.69, 9.17) is 21.1 Å². The first kappa shape index (κ1) is 18.1. The Morgan fingerprint density at radius 1 is 1.11 bits per heavy atom. The van der Waals surface area contributed by atoms with Crippen LogP contribution in [-0.4, -0.2) is 17.7 Å². The molecule has 0 saturated carbocycles. The maximum Gasteiger partial charge on any atom is 0.253 e. The SMILES string of the molecule is Cc1cc(Cl)ccc1Nc1cncc(C(=O)NCc2ccc3c(c2)OCO3)c1. The molecule has 6 nitrogen and oxygen atoms in total. The van der Waals surface area contributed by atoms with Gasteiger partial charge in [0.15, 0.2) is 11.5 Å². The predicted octanol–water partition coefficient (Wildman–Crippen LogP) is 4.45. The molecule has 1 aliphatic heterocycles. The van der Waals surface area contributed by atoms with Crippen LogP contribution in [0.15, 0.2) is 54.9 Å². The van der Waals surface area contributed by atoms with E-state index in [2.05, 4.69) is 15.6 Å². The number of rotatable bonds is 5. The van der Waals surface area contributed by atoms with Crippen LogP contribution in [0.2, 0.25) is 5.02 Å². The second-order valence-electron chi connectivity index (χ2n) is 6.42. The second kappa shape index (κ2) is 7.78. The van der Waals surface area contributed by atoms with Crippen molar-refractivity contribution in [3.05, 3.63) is 76.6 Å². The lowest BCUT2D eigenvalue weighted by molar-refractivity contribution is 0.0950. The number of anilines is 2. The van der Waals surface area contributed by atoms with Crippen molar-refractivity contribution in [2.24, 2.45) is 0 Å². The first-order valence-electron chi connectivity index (χ1n) is 8.73. The van der Waals surface area contributed by atoms with Gasteiger partial charge in [-0.15, -0.1) is 0 Å². The standard InChI is InChI=1S/C21H18ClN3O3/c1-13-6-16(22)3-4-18(13)25-17-8-15(10-23-11-17)21(26)24-9-14-2-5-19-20(7-14)28-12-27-19/h2-8,10-11,25H,9,12H2,1H3,(H,24,26). The van der Waals surface area contributed by atoms with Crippen LogP contribution < -0.4 is 20.1 Å². The Morgan fingerprint density at radius 2 is 1.96 bits per heavy atom. The number of nitrogens with zero attached hydrogens (tertiary/aromatic N) is 1. The van der Waals surface area contributed by atoms with Crippen molar-refractivity contribution < 1.29 is 14.3 Å². The summed E-state index contributed by atoms with van der Waals surface area (Å²) in [6, 6.07) is 12.9. The molecule has 0 fully saturated rings. The molecular formula is C21H18ClN3O3. The van der Waals surface area contributed by atoms with Crippen LogP contribution in [0.4, 0.5) is 11.4 Å². The Labute approximate surface area is 167 Å². The minimum absolute atomic E-state index is 0.207. The van der Waals surface area contributed by atoms with Gasteiger partial charge in [-0.1, -0.05) is 17.7 Å². The monoisotopic (exact) mass is 395 g/mol. The van der Waals surface area contributed by atoms with Gasteiger partial charge in [-0.25, -0.2) is 0 Å². The molecular weight excluding hydrogens is 378 g/mol. The number of amides is 1. The lowest BCUT2D eigenvalue weighted by Crippen LogP contribution is -2.23. The van der Waals surface area contributed by atoms with Crippen molar-refractivity contribution in [2.45, 2.75) is 13.5 Å². The molecule has 7 heteroatoms. The van der Waals surface area contributed by atoms with Crippen LogP contribution in [0.1, 0.15) is 21.5 Å². The number of carbonyl (C=O) groups excluding carboxylic acids is 1. The Hall–Kier alpha value is -3.25. The maximum absolute atomic E-state index is 12.5.